The van der Waals surface area contributed by atoms with E-state index in [0.717, 1.165) is 25.7 Å². The number of amides is 2. The van der Waals surface area contributed by atoms with Gasteiger partial charge in [0.2, 0.25) is 11.7 Å². The first-order valence-corrected chi connectivity index (χ1v) is 12.9. The van der Waals surface area contributed by atoms with Crippen molar-refractivity contribution in [2.24, 2.45) is 0 Å². The van der Waals surface area contributed by atoms with Crippen LogP contribution in [0.25, 0.3) is 11.4 Å². The van der Waals surface area contributed by atoms with Crippen molar-refractivity contribution in [3.8, 4) is 11.4 Å². The van der Waals surface area contributed by atoms with E-state index in [0.29, 0.717) is 35.6 Å². The van der Waals surface area contributed by atoms with Gasteiger partial charge in [-0.3, -0.25) is 14.3 Å². The number of hydrogen-bond acceptors (Lipinski definition) is 7. The van der Waals surface area contributed by atoms with Gasteiger partial charge in [-0.1, -0.05) is 30.1 Å². The summed E-state index contributed by atoms with van der Waals surface area (Å²) in [6, 6.07) is 11.1. The lowest BCUT2D eigenvalue weighted by atomic mass is 10.1. The highest BCUT2D eigenvalue weighted by Crippen LogP contribution is 2.26. The molecule has 10 nitrogen and oxygen atoms in total. The van der Waals surface area contributed by atoms with E-state index in [-0.39, 0.29) is 28.4 Å². The summed E-state index contributed by atoms with van der Waals surface area (Å²) < 4.78 is 34.0. The van der Waals surface area contributed by atoms with E-state index in [9.17, 15) is 18.0 Å². The number of nitrogens with zero attached hydrogens (tertiary/aromatic N) is 3. The van der Waals surface area contributed by atoms with Crippen molar-refractivity contribution in [2.45, 2.75) is 44.4 Å². The Bertz CT molecular complexity index is 1330. The Morgan fingerprint density at radius 3 is 2.29 bits per heavy atom. The lowest BCUT2D eigenvalue weighted by molar-refractivity contribution is -0.114. The highest BCUT2D eigenvalue weighted by atomic mass is 32.2. The summed E-state index contributed by atoms with van der Waals surface area (Å²) in [5.41, 5.74) is 1.84. The average molecular weight is 498 g/mol. The van der Waals surface area contributed by atoms with Crippen molar-refractivity contribution >= 4 is 33.2 Å². The van der Waals surface area contributed by atoms with E-state index in [1.807, 2.05) is 0 Å². The van der Waals surface area contributed by atoms with Gasteiger partial charge in [0.05, 0.1) is 4.90 Å². The summed E-state index contributed by atoms with van der Waals surface area (Å²) >= 11 is 0. The molecule has 4 rings (SSSR count). The highest BCUT2D eigenvalue weighted by molar-refractivity contribution is 7.92. The topological polar surface area (TPSA) is 134 Å². The fourth-order valence-electron chi connectivity index (χ4n) is 3.90. The predicted molar refractivity (Wildman–Crippen MR) is 130 cm³/mol. The third-order valence-corrected chi connectivity index (χ3v) is 7.22. The number of likely N-dealkylation sites (tertiary alicyclic amines) is 1. The molecule has 2 amide bonds. The molecule has 0 aliphatic carbocycles. The predicted octanol–water partition coefficient (Wildman–Crippen LogP) is 3.82. The molecular formula is C24H27N5O5S. The van der Waals surface area contributed by atoms with Crippen LogP contribution in [0.1, 0.15) is 48.9 Å². The molecule has 11 heteroatoms. The van der Waals surface area contributed by atoms with E-state index >= 15 is 0 Å². The fourth-order valence-corrected chi connectivity index (χ4v) is 5.23. The molecule has 1 fully saturated rings. The van der Waals surface area contributed by atoms with Crippen molar-refractivity contribution in [3.63, 3.8) is 0 Å². The van der Waals surface area contributed by atoms with Crippen LogP contribution in [0, 0.1) is 6.92 Å². The molecule has 1 aliphatic heterocycles. The smallest absolute Gasteiger partial charge is 0.316 e. The van der Waals surface area contributed by atoms with Gasteiger partial charge in [-0.2, -0.15) is 4.98 Å². The van der Waals surface area contributed by atoms with Gasteiger partial charge in [-0.25, -0.2) is 8.42 Å². The number of nitrogens with one attached hydrogen (secondary N) is 2. The summed E-state index contributed by atoms with van der Waals surface area (Å²) in [6.45, 7) is 4.38. The number of carbonyl (C=O) groups is 2. The summed E-state index contributed by atoms with van der Waals surface area (Å²) in [4.78, 5) is 29.9. The minimum atomic E-state index is -3.94. The molecule has 1 saturated heterocycles. The van der Waals surface area contributed by atoms with Gasteiger partial charge in [-0.05, 0) is 55.7 Å². The van der Waals surface area contributed by atoms with Crippen molar-refractivity contribution in [1.82, 2.24) is 15.0 Å². The first kappa shape index (κ1) is 24.4. The molecule has 184 valence electrons. The molecule has 0 bridgehead atoms. The summed E-state index contributed by atoms with van der Waals surface area (Å²) in [6.07, 6.45) is 4.06. The fraction of sp³-hybridized carbons (Fsp3) is 0.333. The second-order valence-corrected chi connectivity index (χ2v) is 10.1. The molecule has 0 spiro atoms. The normalized spacial score (nSPS) is 14.3. The van der Waals surface area contributed by atoms with Gasteiger partial charge in [0.1, 0.15) is 0 Å². The monoisotopic (exact) mass is 497 g/mol. The first-order valence-electron chi connectivity index (χ1n) is 11.4. The first-order chi connectivity index (χ1) is 16.7. The zero-order chi connectivity index (χ0) is 25.0. The molecular weight excluding hydrogens is 470 g/mol. The van der Waals surface area contributed by atoms with Crippen LogP contribution >= 0.6 is 0 Å². The van der Waals surface area contributed by atoms with Gasteiger partial charge in [0.15, 0.2) is 0 Å². The minimum absolute atomic E-state index is 0.0473. The molecule has 0 saturated carbocycles. The number of rotatable bonds is 6. The van der Waals surface area contributed by atoms with Crippen LogP contribution in [0.4, 0.5) is 11.4 Å². The van der Waals surface area contributed by atoms with Crippen LogP contribution in [0.3, 0.4) is 0 Å². The maximum Gasteiger partial charge on any atom is 0.316 e. The molecule has 2 heterocycles. The molecule has 2 aromatic carbocycles. The highest BCUT2D eigenvalue weighted by Gasteiger charge is 2.24. The van der Waals surface area contributed by atoms with Crippen molar-refractivity contribution in [1.29, 1.82) is 0 Å². The summed E-state index contributed by atoms with van der Waals surface area (Å²) in [5.74, 6) is -0.498. The Kier molecular flexibility index (Phi) is 7.15. The molecule has 3 aromatic rings. The van der Waals surface area contributed by atoms with Crippen molar-refractivity contribution in [2.75, 3.05) is 23.1 Å². The van der Waals surface area contributed by atoms with Crippen LogP contribution in [0.5, 0.6) is 0 Å². The molecule has 2 N–H and O–H groups in total. The van der Waals surface area contributed by atoms with Gasteiger partial charge in [0.25, 0.3) is 10.0 Å². The van der Waals surface area contributed by atoms with Crippen molar-refractivity contribution < 1.29 is 22.5 Å². The summed E-state index contributed by atoms with van der Waals surface area (Å²) in [5, 5.41) is 6.54. The lowest BCUT2D eigenvalue weighted by Gasteiger charge is -2.17. The number of aryl methyl sites for hydroxylation is 1. The Labute approximate surface area is 203 Å². The minimum Gasteiger partial charge on any atom is -0.334 e. The van der Waals surface area contributed by atoms with E-state index in [2.05, 4.69) is 20.2 Å². The number of carbonyl (C=O) groups excluding carboxylic acids is 2. The van der Waals surface area contributed by atoms with Crippen LogP contribution < -0.4 is 10.0 Å². The van der Waals surface area contributed by atoms with Gasteiger partial charge < -0.3 is 14.7 Å². The SMILES string of the molecule is CC(=O)Nc1ccc(NS(=O)(=O)c2cc(-c3noc(C(=O)N4CCCCCC4)n3)ccc2C)cc1. The average Bonchev–Trinajstić information content (AvgIpc) is 3.15. The number of sulfonamides is 1. The van der Waals surface area contributed by atoms with Crippen LogP contribution in [0.15, 0.2) is 51.9 Å². The molecule has 1 aromatic heterocycles. The van der Waals surface area contributed by atoms with E-state index in [1.165, 1.54) is 13.0 Å². The van der Waals surface area contributed by atoms with E-state index in [1.54, 1.807) is 48.2 Å². The quantitative estimate of drug-likeness (QED) is 0.529. The number of benzene rings is 2. The molecule has 1 aliphatic rings. The standard InChI is InChI=1S/C24H27N5O5S/c1-16-7-8-18(22-26-23(34-27-22)24(31)29-13-5-3-4-6-14-29)15-21(16)35(32,33)28-20-11-9-19(10-12-20)25-17(2)30/h7-12,15,28H,3-6,13-14H2,1-2H3,(H,25,30). The van der Waals surface area contributed by atoms with Crippen LogP contribution in [-0.4, -0.2) is 48.4 Å². The van der Waals surface area contributed by atoms with E-state index < -0.39 is 10.0 Å². The number of aromatic nitrogens is 2. The van der Waals surface area contributed by atoms with E-state index in [4.69, 9.17) is 4.52 Å². The summed E-state index contributed by atoms with van der Waals surface area (Å²) in [7, 11) is -3.94. The molecule has 35 heavy (non-hydrogen) atoms. The Balaban J connectivity index is 1.54. The molecule has 0 atom stereocenters. The maximum absolute atomic E-state index is 13.1. The number of anilines is 2. The molecule has 0 unspecified atom stereocenters. The maximum atomic E-state index is 13.1. The largest absolute Gasteiger partial charge is 0.334 e. The van der Waals surface area contributed by atoms with Gasteiger partial charge in [-0.15, -0.1) is 0 Å². The van der Waals surface area contributed by atoms with Crippen LogP contribution in [-0.2, 0) is 14.8 Å². The second-order valence-electron chi connectivity index (χ2n) is 8.47. The Morgan fingerprint density at radius 1 is 0.971 bits per heavy atom. The van der Waals surface area contributed by atoms with Crippen LogP contribution in [0.2, 0.25) is 0 Å². The van der Waals surface area contributed by atoms with Gasteiger partial charge in [0, 0.05) is 37.0 Å². The van der Waals surface area contributed by atoms with Gasteiger partial charge >= 0.3 is 11.8 Å². The molecule has 0 radical (unpaired) electrons. The zero-order valence-electron chi connectivity index (χ0n) is 19.6. The second kappa shape index (κ2) is 10.3. The Hall–Kier alpha value is -3.73. The Morgan fingerprint density at radius 2 is 1.63 bits per heavy atom. The number of hydrogen-bond donors (Lipinski definition) is 2. The third-order valence-electron chi connectivity index (χ3n) is 5.70. The van der Waals surface area contributed by atoms with Crippen molar-refractivity contribution in [3.05, 3.63) is 53.9 Å². The third kappa shape index (κ3) is 5.86. The lowest BCUT2D eigenvalue weighted by Crippen LogP contribution is -2.32. The zero-order valence-corrected chi connectivity index (χ0v) is 20.4.